The summed E-state index contributed by atoms with van der Waals surface area (Å²) in [5.41, 5.74) is 4.18. The predicted octanol–water partition coefficient (Wildman–Crippen LogP) is 1.93. The number of rotatable bonds is 7. The SMILES string of the molecule is CCn1nc(C)c(Br)c1CC(COCC(F)(F)F)NN. The molecule has 9 heteroatoms. The molecular formula is C11H18BrF3N4O. The van der Waals surface area contributed by atoms with Crippen LogP contribution < -0.4 is 11.3 Å². The zero-order valence-electron chi connectivity index (χ0n) is 11.3. The van der Waals surface area contributed by atoms with Crippen LogP contribution in [0.1, 0.15) is 18.3 Å². The number of ether oxygens (including phenoxy) is 1. The number of aromatic nitrogens is 2. The lowest BCUT2D eigenvalue weighted by molar-refractivity contribution is -0.175. The number of nitrogens with one attached hydrogen (secondary N) is 1. The van der Waals surface area contributed by atoms with Gasteiger partial charge in [0, 0.05) is 19.0 Å². The maximum Gasteiger partial charge on any atom is 0.411 e. The molecule has 5 nitrogen and oxygen atoms in total. The van der Waals surface area contributed by atoms with E-state index in [0.717, 1.165) is 15.9 Å². The van der Waals surface area contributed by atoms with Gasteiger partial charge in [0.25, 0.3) is 0 Å². The van der Waals surface area contributed by atoms with Gasteiger partial charge in [-0.3, -0.25) is 16.0 Å². The molecule has 1 atom stereocenters. The maximum absolute atomic E-state index is 12.0. The Hall–Kier alpha value is -0.640. The topological polar surface area (TPSA) is 65.1 Å². The van der Waals surface area contributed by atoms with Crippen LogP contribution in [0.25, 0.3) is 0 Å². The highest BCUT2D eigenvalue weighted by Crippen LogP contribution is 2.22. The summed E-state index contributed by atoms with van der Waals surface area (Å²) in [5.74, 6) is 5.36. The lowest BCUT2D eigenvalue weighted by atomic mass is 10.1. The van der Waals surface area contributed by atoms with Crippen LogP contribution in [0.4, 0.5) is 13.2 Å². The van der Waals surface area contributed by atoms with Crippen molar-refractivity contribution in [2.24, 2.45) is 5.84 Å². The van der Waals surface area contributed by atoms with Gasteiger partial charge in [0.15, 0.2) is 0 Å². The summed E-state index contributed by atoms with van der Waals surface area (Å²) < 4.78 is 43.3. The quantitative estimate of drug-likeness (QED) is 0.577. The Morgan fingerprint density at radius 3 is 2.65 bits per heavy atom. The van der Waals surface area contributed by atoms with Gasteiger partial charge in [-0.25, -0.2) is 0 Å². The third kappa shape index (κ3) is 5.04. The van der Waals surface area contributed by atoms with Gasteiger partial charge in [-0.05, 0) is 29.8 Å². The van der Waals surface area contributed by atoms with E-state index >= 15 is 0 Å². The highest BCUT2D eigenvalue weighted by Gasteiger charge is 2.28. The Kier molecular flexibility index (Phi) is 6.44. The Morgan fingerprint density at radius 1 is 1.50 bits per heavy atom. The molecule has 20 heavy (non-hydrogen) atoms. The van der Waals surface area contributed by atoms with E-state index in [9.17, 15) is 13.2 Å². The van der Waals surface area contributed by atoms with E-state index in [1.807, 2.05) is 13.8 Å². The lowest BCUT2D eigenvalue weighted by Gasteiger charge is -2.17. The van der Waals surface area contributed by atoms with Crippen molar-refractivity contribution in [1.82, 2.24) is 15.2 Å². The summed E-state index contributed by atoms with van der Waals surface area (Å²) >= 11 is 3.43. The van der Waals surface area contributed by atoms with E-state index < -0.39 is 18.8 Å². The molecule has 1 rings (SSSR count). The Balaban J connectivity index is 2.64. The fourth-order valence-corrected chi connectivity index (χ4v) is 2.23. The molecule has 3 N–H and O–H groups in total. The van der Waals surface area contributed by atoms with Gasteiger partial charge >= 0.3 is 6.18 Å². The largest absolute Gasteiger partial charge is 0.411 e. The number of nitrogens with two attached hydrogens (primary N) is 1. The van der Waals surface area contributed by atoms with Crippen LogP contribution in [-0.2, 0) is 17.7 Å². The van der Waals surface area contributed by atoms with Crippen LogP contribution in [-0.4, -0.2) is 35.2 Å². The van der Waals surface area contributed by atoms with Crippen molar-refractivity contribution in [3.05, 3.63) is 15.9 Å². The molecule has 0 aliphatic carbocycles. The molecule has 1 heterocycles. The third-order valence-corrected chi connectivity index (χ3v) is 3.74. The number of nitrogens with zero attached hydrogens (tertiary/aromatic N) is 2. The van der Waals surface area contributed by atoms with E-state index in [-0.39, 0.29) is 6.61 Å². The molecule has 1 aromatic rings. The molecule has 0 saturated heterocycles. The summed E-state index contributed by atoms with van der Waals surface area (Å²) in [7, 11) is 0. The summed E-state index contributed by atoms with van der Waals surface area (Å²) in [6.45, 7) is 3.05. The summed E-state index contributed by atoms with van der Waals surface area (Å²) in [6.07, 6.45) is -3.91. The second-order valence-electron chi connectivity index (χ2n) is 4.36. The van der Waals surface area contributed by atoms with Crippen molar-refractivity contribution in [1.29, 1.82) is 0 Å². The molecule has 1 unspecified atom stereocenters. The minimum atomic E-state index is -4.33. The highest BCUT2D eigenvalue weighted by atomic mass is 79.9. The average molecular weight is 359 g/mol. The first-order valence-electron chi connectivity index (χ1n) is 6.10. The zero-order valence-corrected chi connectivity index (χ0v) is 12.9. The van der Waals surface area contributed by atoms with Gasteiger partial charge in [0.2, 0.25) is 0 Å². The number of alkyl halides is 3. The van der Waals surface area contributed by atoms with Crippen LogP contribution in [0.15, 0.2) is 4.47 Å². The van der Waals surface area contributed by atoms with Crippen LogP contribution in [0, 0.1) is 6.92 Å². The molecule has 0 bridgehead atoms. The zero-order chi connectivity index (χ0) is 15.3. The van der Waals surface area contributed by atoms with Gasteiger partial charge in [-0.1, -0.05) is 0 Å². The number of halogens is 4. The van der Waals surface area contributed by atoms with E-state index in [1.54, 1.807) is 4.68 Å². The van der Waals surface area contributed by atoms with E-state index in [4.69, 9.17) is 5.84 Å². The Morgan fingerprint density at radius 2 is 2.15 bits per heavy atom. The monoisotopic (exact) mass is 358 g/mol. The summed E-state index contributed by atoms with van der Waals surface area (Å²) in [5, 5.41) is 4.32. The fourth-order valence-electron chi connectivity index (χ4n) is 1.78. The minimum Gasteiger partial charge on any atom is -0.370 e. The van der Waals surface area contributed by atoms with E-state index in [2.05, 4.69) is 31.2 Å². The van der Waals surface area contributed by atoms with Gasteiger partial charge in [-0.15, -0.1) is 0 Å². The molecule has 0 fully saturated rings. The van der Waals surface area contributed by atoms with Crippen molar-refractivity contribution in [3.63, 3.8) is 0 Å². The number of aryl methyl sites for hydroxylation is 2. The van der Waals surface area contributed by atoms with Gasteiger partial charge in [0.1, 0.15) is 6.61 Å². The Labute approximate surface area is 123 Å². The molecule has 0 aliphatic rings. The predicted molar refractivity (Wildman–Crippen MR) is 72.0 cm³/mol. The summed E-state index contributed by atoms with van der Waals surface area (Å²) in [4.78, 5) is 0. The molecule has 0 aromatic carbocycles. The average Bonchev–Trinajstić information content (AvgIpc) is 2.63. The van der Waals surface area contributed by atoms with Crippen molar-refractivity contribution in [3.8, 4) is 0 Å². The maximum atomic E-state index is 12.0. The van der Waals surface area contributed by atoms with Crippen molar-refractivity contribution in [2.75, 3.05) is 13.2 Å². The standard InChI is InChI=1S/C11H18BrF3N4O/c1-3-19-9(10(12)7(2)18-19)4-8(17-16)5-20-6-11(13,14)15/h8,17H,3-6,16H2,1-2H3. The van der Waals surface area contributed by atoms with Crippen LogP contribution in [0.3, 0.4) is 0 Å². The third-order valence-electron chi connectivity index (χ3n) is 2.71. The normalized spacial score (nSPS) is 13.8. The van der Waals surface area contributed by atoms with E-state index in [0.29, 0.717) is 13.0 Å². The molecule has 0 spiro atoms. The second kappa shape index (κ2) is 7.39. The van der Waals surface area contributed by atoms with Gasteiger partial charge in [0.05, 0.1) is 22.5 Å². The van der Waals surface area contributed by atoms with Crippen molar-refractivity contribution < 1.29 is 17.9 Å². The molecular weight excluding hydrogens is 341 g/mol. The first kappa shape index (κ1) is 17.4. The molecule has 0 saturated carbocycles. The molecule has 116 valence electrons. The van der Waals surface area contributed by atoms with Crippen molar-refractivity contribution >= 4 is 15.9 Å². The van der Waals surface area contributed by atoms with Crippen LogP contribution in [0.5, 0.6) is 0 Å². The molecule has 0 amide bonds. The molecule has 1 aromatic heterocycles. The summed E-state index contributed by atoms with van der Waals surface area (Å²) in [6, 6.07) is -0.421. The molecule has 0 radical (unpaired) electrons. The second-order valence-corrected chi connectivity index (χ2v) is 5.15. The first-order chi connectivity index (χ1) is 9.28. The number of hydrogen-bond donors (Lipinski definition) is 2. The van der Waals surface area contributed by atoms with Crippen LogP contribution in [0.2, 0.25) is 0 Å². The fraction of sp³-hybridized carbons (Fsp3) is 0.727. The smallest absolute Gasteiger partial charge is 0.370 e. The number of hydrogen-bond acceptors (Lipinski definition) is 4. The minimum absolute atomic E-state index is 0.129. The van der Waals surface area contributed by atoms with Gasteiger partial charge < -0.3 is 4.74 Å². The van der Waals surface area contributed by atoms with E-state index in [1.165, 1.54) is 0 Å². The lowest BCUT2D eigenvalue weighted by Crippen LogP contribution is -2.41. The van der Waals surface area contributed by atoms with Crippen LogP contribution >= 0.6 is 15.9 Å². The first-order valence-corrected chi connectivity index (χ1v) is 6.90. The van der Waals surface area contributed by atoms with Crippen molar-refractivity contribution in [2.45, 2.75) is 39.0 Å². The Bertz CT molecular complexity index is 436. The highest BCUT2D eigenvalue weighted by molar-refractivity contribution is 9.10. The number of hydrazine groups is 1. The molecule has 0 aliphatic heterocycles. The van der Waals surface area contributed by atoms with Gasteiger partial charge in [-0.2, -0.15) is 18.3 Å².